The van der Waals surface area contributed by atoms with Crippen molar-refractivity contribution >= 4 is 27.7 Å². The largest absolute Gasteiger partial charge is 0.274 e. The predicted octanol–water partition coefficient (Wildman–Crippen LogP) is 0.205. The van der Waals surface area contributed by atoms with Gasteiger partial charge in [-0.2, -0.15) is 11.8 Å². The summed E-state index contributed by atoms with van der Waals surface area (Å²) in [7, 11) is -3.38. The number of carbonyl (C=O) groups excluding carboxylic acids is 1. The zero-order valence-electron chi connectivity index (χ0n) is 7.45. The molecule has 1 unspecified atom stereocenters. The second-order valence-corrected chi connectivity index (χ2v) is 6.05. The van der Waals surface area contributed by atoms with Crippen LogP contribution in [-0.2, 0) is 14.8 Å². The lowest BCUT2D eigenvalue weighted by Crippen LogP contribution is -2.36. The second kappa shape index (κ2) is 4.32. The first-order chi connectivity index (χ1) is 5.99. The summed E-state index contributed by atoms with van der Waals surface area (Å²) < 4.78 is 23.5. The molecule has 1 N–H and O–H groups in total. The van der Waals surface area contributed by atoms with E-state index in [4.69, 9.17) is 0 Å². The molecule has 0 aromatic heterocycles. The molecule has 1 amide bonds. The zero-order valence-corrected chi connectivity index (χ0v) is 9.08. The van der Waals surface area contributed by atoms with Crippen LogP contribution in [0.3, 0.4) is 0 Å². The number of hydrogen-bond acceptors (Lipinski definition) is 4. The summed E-state index contributed by atoms with van der Waals surface area (Å²) in [5.74, 6) is 1.33. The van der Waals surface area contributed by atoms with Crippen molar-refractivity contribution in [3.05, 3.63) is 0 Å². The van der Waals surface area contributed by atoms with Gasteiger partial charge in [-0.3, -0.25) is 9.52 Å². The lowest BCUT2D eigenvalue weighted by Gasteiger charge is -2.19. The van der Waals surface area contributed by atoms with Crippen LogP contribution >= 0.6 is 11.8 Å². The molecular formula is C7H13NO3S2. The van der Waals surface area contributed by atoms with Crippen LogP contribution in [0.4, 0.5) is 0 Å². The van der Waals surface area contributed by atoms with E-state index < -0.39 is 10.0 Å². The van der Waals surface area contributed by atoms with Crippen molar-refractivity contribution in [1.82, 2.24) is 4.72 Å². The Labute approximate surface area is 82.5 Å². The van der Waals surface area contributed by atoms with Gasteiger partial charge in [-0.15, -0.1) is 0 Å². The van der Waals surface area contributed by atoms with Crippen LogP contribution in [0.2, 0.25) is 0 Å². The van der Waals surface area contributed by atoms with Crippen LogP contribution in [0.25, 0.3) is 0 Å². The number of hydrogen-bond donors (Lipinski definition) is 1. The molecule has 0 aromatic rings. The van der Waals surface area contributed by atoms with Gasteiger partial charge in [0.05, 0.1) is 6.26 Å². The minimum atomic E-state index is -3.38. The summed E-state index contributed by atoms with van der Waals surface area (Å²) in [6, 6.07) is 0. The molecule has 1 saturated heterocycles. The molecule has 76 valence electrons. The van der Waals surface area contributed by atoms with Crippen LogP contribution in [0.15, 0.2) is 0 Å². The molecule has 1 atom stereocenters. The first-order valence-electron chi connectivity index (χ1n) is 4.08. The summed E-state index contributed by atoms with van der Waals surface area (Å²) in [6.45, 7) is 0. The molecule has 6 heteroatoms. The second-order valence-electron chi connectivity index (χ2n) is 3.15. The summed E-state index contributed by atoms with van der Waals surface area (Å²) in [4.78, 5) is 11.3. The highest BCUT2D eigenvalue weighted by Gasteiger charge is 2.23. The van der Waals surface area contributed by atoms with E-state index in [0.29, 0.717) is 0 Å². The third kappa shape index (κ3) is 3.99. The number of thioether (sulfide) groups is 1. The van der Waals surface area contributed by atoms with Gasteiger partial charge in [0.15, 0.2) is 0 Å². The maximum atomic E-state index is 11.3. The van der Waals surface area contributed by atoms with Crippen molar-refractivity contribution in [1.29, 1.82) is 0 Å². The quantitative estimate of drug-likeness (QED) is 0.726. The van der Waals surface area contributed by atoms with E-state index in [0.717, 1.165) is 30.6 Å². The van der Waals surface area contributed by atoms with Gasteiger partial charge < -0.3 is 0 Å². The molecule has 4 nitrogen and oxygen atoms in total. The van der Waals surface area contributed by atoms with Crippen molar-refractivity contribution in [3.63, 3.8) is 0 Å². The molecule has 1 heterocycles. The van der Waals surface area contributed by atoms with Crippen molar-refractivity contribution in [2.45, 2.75) is 12.8 Å². The van der Waals surface area contributed by atoms with Crippen LogP contribution in [0, 0.1) is 5.92 Å². The highest BCUT2D eigenvalue weighted by atomic mass is 32.2. The Morgan fingerprint density at radius 3 is 2.69 bits per heavy atom. The Kier molecular flexibility index (Phi) is 3.61. The fraction of sp³-hybridized carbons (Fsp3) is 0.857. The number of nitrogens with one attached hydrogen (secondary N) is 1. The van der Waals surface area contributed by atoms with Crippen molar-refractivity contribution in [2.75, 3.05) is 17.8 Å². The normalized spacial score (nSPS) is 23.9. The van der Waals surface area contributed by atoms with Crippen molar-refractivity contribution < 1.29 is 13.2 Å². The van der Waals surface area contributed by atoms with Gasteiger partial charge >= 0.3 is 0 Å². The molecule has 0 aromatic carbocycles. The van der Waals surface area contributed by atoms with E-state index >= 15 is 0 Å². The Morgan fingerprint density at radius 1 is 1.54 bits per heavy atom. The minimum Gasteiger partial charge on any atom is -0.274 e. The van der Waals surface area contributed by atoms with Crippen LogP contribution < -0.4 is 4.72 Å². The topological polar surface area (TPSA) is 63.2 Å². The van der Waals surface area contributed by atoms with E-state index in [1.165, 1.54) is 0 Å². The van der Waals surface area contributed by atoms with E-state index in [1.807, 2.05) is 4.72 Å². The fourth-order valence-corrected chi connectivity index (χ4v) is 2.89. The number of rotatable bonds is 2. The van der Waals surface area contributed by atoms with Gasteiger partial charge in [-0.1, -0.05) is 0 Å². The van der Waals surface area contributed by atoms with Gasteiger partial charge in [-0.25, -0.2) is 8.42 Å². The smallest absolute Gasteiger partial charge is 0.237 e. The summed E-state index contributed by atoms with van der Waals surface area (Å²) >= 11 is 1.70. The molecule has 0 saturated carbocycles. The number of sulfonamides is 1. The first kappa shape index (κ1) is 10.8. The average Bonchev–Trinajstić information content (AvgIpc) is 2.03. The predicted molar refractivity (Wildman–Crippen MR) is 53.0 cm³/mol. The lowest BCUT2D eigenvalue weighted by molar-refractivity contribution is -0.122. The molecule has 0 aliphatic carbocycles. The number of amides is 1. The third-order valence-electron chi connectivity index (χ3n) is 1.82. The molecule has 1 rings (SSSR count). The Bertz CT molecular complexity index is 280. The first-order valence-corrected chi connectivity index (χ1v) is 7.13. The van der Waals surface area contributed by atoms with E-state index in [-0.39, 0.29) is 11.8 Å². The molecule has 1 aliphatic heterocycles. The summed E-state index contributed by atoms with van der Waals surface area (Å²) in [5.41, 5.74) is 0. The standard InChI is InChI=1S/C7H13NO3S2/c1-13(10,11)8-7(9)6-3-2-4-12-5-6/h6H,2-5H2,1H3,(H,8,9). The maximum Gasteiger partial charge on any atom is 0.237 e. The lowest BCUT2D eigenvalue weighted by atomic mass is 10.1. The molecule has 1 aliphatic rings. The van der Waals surface area contributed by atoms with Crippen molar-refractivity contribution in [2.24, 2.45) is 5.92 Å². The molecule has 13 heavy (non-hydrogen) atoms. The van der Waals surface area contributed by atoms with Crippen molar-refractivity contribution in [3.8, 4) is 0 Å². The van der Waals surface area contributed by atoms with Gasteiger partial charge in [0, 0.05) is 11.7 Å². The highest BCUT2D eigenvalue weighted by Crippen LogP contribution is 2.22. The minimum absolute atomic E-state index is 0.131. The Balaban J connectivity index is 2.47. The fourth-order valence-electron chi connectivity index (χ4n) is 1.21. The van der Waals surface area contributed by atoms with E-state index in [1.54, 1.807) is 11.8 Å². The SMILES string of the molecule is CS(=O)(=O)NC(=O)C1CCCSC1. The van der Waals surface area contributed by atoms with Crippen LogP contribution in [0.1, 0.15) is 12.8 Å². The maximum absolute atomic E-state index is 11.3. The van der Waals surface area contributed by atoms with E-state index in [2.05, 4.69) is 0 Å². The van der Waals surface area contributed by atoms with E-state index in [9.17, 15) is 13.2 Å². The Morgan fingerprint density at radius 2 is 2.23 bits per heavy atom. The summed E-state index contributed by atoms with van der Waals surface area (Å²) in [6.07, 6.45) is 2.79. The van der Waals surface area contributed by atoms with Crippen LogP contribution in [-0.4, -0.2) is 32.1 Å². The molecule has 0 spiro atoms. The molecule has 0 radical (unpaired) electrons. The van der Waals surface area contributed by atoms with Gasteiger partial charge in [-0.05, 0) is 18.6 Å². The monoisotopic (exact) mass is 223 g/mol. The zero-order chi connectivity index (χ0) is 9.90. The molecular weight excluding hydrogens is 210 g/mol. The molecule has 1 fully saturated rings. The van der Waals surface area contributed by atoms with Gasteiger partial charge in [0.2, 0.25) is 15.9 Å². The van der Waals surface area contributed by atoms with Gasteiger partial charge in [0.25, 0.3) is 0 Å². The highest BCUT2D eigenvalue weighted by molar-refractivity contribution is 7.99. The summed E-state index contributed by atoms with van der Waals surface area (Å²) in [5, 5.41) is 0. The molecule has 0 bridgehead atoms. The number of carbonyl (C=O) groups is 1. The average molecular weight is 223 g/mol. The van der Waals surface area contributed by atoms with Crippen LogP contribution in [0.5, 0.6) is 0 Å². The Hall–Kier alpha value is -0.230. The third-order valence-corrected chi connectivity index (χ3v) is 3.60. The van der Waals surface area contributed by atoms with Gasteiger partial charge in [0.1, 0.15) is 0 Å².